The molecule has 66 valence electrons. The first-order valence-electron chi connectivity index (χ1n) is 4.19. The third-order valence-corrected chi connectivity index (χ3v) is 1.63. The molecule has 0 unspecified atom stereocenters. The maximum absolute atomic E-state index is 7.74. The Labute approximate surface area is 74.8 Å². The summed E-state index contributed by atoms with van der Waals surface area (Å²) < 4.78 is 0. The minimum Gasteiger partial charge on any atom is -0.378 e. The van der Waals surface area contributed by atoms with Crippen molar-refractivity contribution in [3.63, 3.8) is 0 Å². The number of allylic oxidation sites excluding steroid dienone is 1. The molecule has 0 aliphatic carbocycles. The van der Waals surface area contributed by atoms with Crippen LogP contribution in [-0.2, 0) is 0 Å². The van der Waals surface area contributed by atoms with Crippen LogP contribution in [0.25, 0.3) is 0 Å². The summed E-state index contributed by atoms with van der Waals surface area (Å²) in [5.74, 6) is 0. The van der Waals surface area contributed by atoms with Crippen molar-refractivity contribution < 1.29 is 0 Å². The zero-order chi connectivity index (χ0) is 9.23. The van der Waals surface area contributed by atoms with Gasteiger partial charge in [-0.15, -0.1) is 6.58 Å². The Hall–Kier alpha value is -1.23. The fourth-order valence-corrected chi connectivity index (χ4v) is 0.989. The fraction of sp³-hybridized carbons (Fsp3) is 0.500. The van der Waals surface area contributed by atoms with Gasteiger partial charge in [-0.05, 0) is 19.0 Å². The van der Waals surface area contributed by atoms with Crippen molar-refractivity contribution in [2.24, 2.45) is 0 Å². The van der Waals surface area contributed by atoms with Crippen LogP contribution in [0.3, 0.4) is 0 Å². The number of hydrogen-bond acceptors (Lipinski definition) is 2. The van der Waals surface area contributed by atoms with Crippen molar-refractivity contribution in [1.29, 1.82) is 5.26 Å². The molecule has 1 heterocycles. The van der Waals surface area contributed by atoms with Crippen molar-refractivity contribution >= 4 is 0 Å². The molecule has 0 saturated carbocycles. The summed E-state index contributed by atoms with van der Waals surface area (Å²) in [4.78, 5) is 2.25. The summed E-state index contributed by atoms with van der Waals surface area (Å²) in [7, 11) is 0. The zero-order valence-corrected chi connectivity index (χ0v) is 7.50. The first-order valence-corrected chi connectivity index (χ1v) is 4.19. The van der Waals surface area contributed by atoms with E-state index in [9.17, 15) is 0 Å². The van der Waals surface area contributed by atoms with Gasteiger partial charge < -0.3 is 4.90 Å². The molecule has 0 N–H and O–H groups in total. The van der Waals surface area contributed by atoms with Crippen LogP contribution in [0.4, 0.5) is 0 Å². The maximum atomic E-state index is 7.74. The van der Waals surface area contributed by atoms with E-state index >= 15 is 0 Å². The molecule has 0 bridgehead atoms. The summed E-state index contributed by atoms with van der Waals surface area (Å²) >= 11 is 0. The van der Waals surface area contributed by atoms with E-state index in [0.29, 0.717) is 6.42 Å². The van der Waals surface area contributed by atoms with E-state index in [2.05, 4.69) is 18.1 Å². The average Bonchev–Trinajstić information content (AvgIpc) is 2.58. The van der Waals surface area contributed by atoms with Gasteiger partial charge in [-0.1, -0.05) is 12.7 Å². The minimum absolute atomic E-state index is 0.458. The fourth-order valence-electron chi connectivity index (χ4n) is 0.989. The highest BCUT2D eigenvalue weighted by Crippen LogP contribution is 2.05. The molecule has 0 amide bonds. The summed E-state index contributed by atoms with van der Waals surface area (Å²) in [6, 6.07) is 1.90. The lowest BCUT2D eigenvalue weighted by Gasteiger charge is -2.07. The zero-order valence-electron chi connectivity index (χ0n) is 7.50. The third-order valence-electron chi connectivity index (χ3n) is 1.63. The lowest BCUT2D eigenvalue weighted by Crippen LogP contribution is -2.08. The summed E-state index contributed by atoms with van der Waals surface area (Å²) in [5, 5.41) is 7.74. The maximum Gasteiger partial charge on any atom is 0.0663 e. The number of hydrogen-bond donors (Lipinski definition) is 0. The standard InChI is InChI=1S/C6H11N.C4H5N/c1-2-7-5-3-4-6-7;1-2-3-4-5/h2H,1,3-6H2;2H,1,3H2. The molecule has 1 aliphatic heterocycles. The molecule has 1 aliphatic rings. The van der Waals surface area contributed by atoms with Crippen LogP contribution < -0.4 is 0 Å². The molecule has 0 spiro atoms. The van der Waals surface area contributed by atoms with Crippen LogP contribution in [-0.4, -0.2) is 18.0 Å². The van der Waals surface area contributed by atoms with Crippen molar-refractivity contribution in [3.05, 3.63) is 25.4 Å². The Kier molecular flexibility index (Phi) is 7.07. The minimum atomic E-state index is 0.458. The highest BCUT2D eigenvalue weighted by molar-refractivity contribution is 4.82. The smallest absolute Gasteiger partial charge is 0.0663 e. The van der Waals surface area contributed by atoms with Gasteiger partial charge >= 0.3 is 0 Å². The van der Waals surface area contributed by atoms with Crippen LogP contribution in [0.5, 0.6) is 0 Å². The van der Waals surface area contributed by atoms with E-state index < -0.39 is 0 Å². The monoisotopic (exact) mass is 164 g/mol. The van der Waals surface area contributed by atoms with Gasteiger partial charge in [-0.3, -0.25) is 0 Å². The second kappa shape index (κ2) is 7.87. The Morgan fingerprint density at radius 1 is 1.33 bits per heavy atom. The second-order valence-electron chi connectivity index (χ2n) is 2.58. The van der Waals surface area contributed by atoms with Crippen LogP contribution in [0.15, 0.2) is 25.4 Å². The molecule has 0 radical (unpaired) electrons. The first kappa shape index (κ1) is 10.8. The molecule has 2 nitrogen and oxygen atoms in total. The van der Waals surface area contributed by atoms with Crippen LogP contribution in [0, 0.1) is 11.3 Å². The molecule has 0 aromatic heterocycles. The van der Waals surface area contributed by atoms with Crippen molar-refractivity contribution in [2.45, 2.75) is 19.3 Å². The number of likely N-dealkylation sites (tertiary alicyclic amines) is 1. The molecule has 12 heavy (non-hydrogen) atoms. The molecule has 1 saturated heterocycles. The average molecular weight is 164 g/mol. The van der Waals surface area contributed by atoms with Gasteiger partial charge in [-0.2, -0.15) is 5.26 Å². The predicted molar refractivity (Wildman–Crippen MR) is 51.4 cm³/mol. The van der Waals surface area contributed by atoms with E-state index in [1.807, 2.05) is 12.3 Å². The van der Waals surface area contributed by atoms with Crippen LogP contribution in [0.1, 0.15) is 19.3 Å². The van der Waals surface area contributed by atoms with Crippen molar-refractivity contribution in [1.82, 2.24) is 4.90 Å². The lowest BCUT2D eigenvalue weighted by atomic mass is 10.4. The molecule has 0 aromatic carbocycles. The molecular formula is C10H16N2. The molecule has 2 heteroatoms. The molecule has 1 fully saturated rings. The topological polar surface area (TPSA) is 27.0 Å². The Morgan fingerprint density at radius 3 is 2.08 bits per heavy atom. The highest BCUT2D eigenvalue weighted by atomic mass is 15.1. The van der Waals surface area contributed by atoms with Gasteiger partial charge in [-0.25, -0.2) is 0 Å². The van der Waals surface area contributed by atoms with Gasteiger partial charge in [0.2, 0.25) is 0 Å². The van der Waals surface area contributed by atoms with Gasteiger partial charge in [0, 0.05) is 13.1 Å². The van der Waals surface area contributed by atoms with Gasteiger partial charge in [0.15, 0.2) is 0 Å². The van der Waals surface area contributed by atoms with Crippen LogP contribution in [0.2, 0.25) is 0 Å². The Balaban J connectivity index is 0.000000217. The summed E-state index contributed by atoms with van der Waals surface area (Å²) in [6.07, 6.45) is 6.66. The Morgan fingerprint density at radius 2 is 1.92 bits per heavy atom. The number of nitrogens with zero attached hydrogens (tertiary/aromatic N) is 2. The predicted octanol–water partition coefficient (Wildman–Crippen LogP) is 2.31. The van der Waals surface area contributed by atoms with Crippen molar-refractivity contribution in [2.75, 3.05) is 13.1 Å². The van der Waals surface area contributed by atoms with E-state index in [4.69, 9.17) is 5.26 Å². The Bertz CT molecular complexity index is 161. The largest absolute Gasteiger partial charge is 0.378 e. The van der Waals surface area contributed by atoms with E-state index in [1.54, 1.807) is 6.08 Å². The SMILES string of the molecule is C=CCC#N.C=CN1CCCC1. The van der Waals surface area contributed by atoms with Crippen LogP contribution >= 0.6 is 0 Å². The summed E-state index contributed by atoms with van der Waals surface area (Å²) in [6.45, 7) is 9.45. The van der Waals surface area contributed by atoms with Gasteiger partial charge in [0.05, 0.1) is 12.5 Å². The quantitative estimate of drug-likeness (QED) is 0.585. The van der Waals surface area contributed by atoms with Gasteiger partial charge in [0.1, 0.15) is 0 Å². The second-order valence-corrected chi connectivity index (χ2v) is 2.58. The molecule has 0 aromatic rings. The van der Waals surface area contributed by atoms with E-state index in [0.717, 1.165) is 0 Å². The molecule has 0 atom stereocenters. The first-order chi connectivity index (χ1) is 5.85. The molecular weight excluding hydrogens is 148 g/mol. The van der Waals surface area contributed by atoms with E-state index in [-0.39, 0.29) is 0 Å². The normalized spacial score (nSPS) is 14.1. The highest BCUT2D eigenvalue weighted by Gasteiger charge is 2.04. The van der Waals surface area contributed by atoms with Gasteiger partial charge in [0.25, 0.3) is 0 Å². The third kappa shape index (κ3) is 5.55. The summed E-state index contributed by atoms with van der Waals surface area (Å²) in [5.41, 5.74) is 0. The molecule has 1 rings (SSSR count). The number of nitriles is 1. The lowest BCUT2D eigenvalue weighted by molar-refractivity contribution is 0.469. The van der Waals surface area contributed by atoms with Crippen molar-refractivity contribution in [3.8, 4) is 6.07 Å². The van der Waals surface area contributed by atoms with E-state index in [1.165, 1.54) is 25.9 Å². The number of rotatable bonds is 2.